The summed E-state index contributed by atoms with van der Waals surface area (Å²) >= 11 is 1.68. The van der Waals surface area contributed by atoms with Crippen molar-refractivity contribution in [3.05, 3.63) is 52.5 Å². The van der Waals surface area contributed by atoms with Gasteiger partial charge in [0.1, 0.15) is 11.6 Å². The van der Waals surface area contributed by atoms with Gasteiger partial charge in [0.2, 0.25) is 11.8 Å². The van der Waals surface area contributed by atoms with E-state index in [0.717, 1.165) is 16.8 Å². The molecule has 0 spiro atoms. The lowest BCUT2D eigenvalue weighted by atomic mass is 9.82. The third-order valence-electron chi connectivity index (χ3n) is 3.99. The van der Waals surface area contributed by atoms with Crippen LogP contribution >= 0.6 is 11.8 Å². The largest absolute Gasteiger partial charge is 0.420 e. The number of thioether (sulfide) groups is 1. The van der Waals surface area contributed by atoms with E-state index in [0.29, 0.717) is 11.5 Å². The van der Waals surface area contributed by atoms with Crippen molar-refractivity contribution < 1.29 is 4.74 Å². The predicted octanol–water partition coefficient (Wildman–Crippen LogP) is 3.47. The van der Waals surface area contributed by atoms with Crippen LogP contribution in [0.2, 0.25) is 0 Å². The van der Waals surface area contributed by atoms with Gasteiger partial charge in [-0.05, 0) is 29.9 Å². The molecule has 0 aliphatic carbocycles. The molecule has 3 N–H and O–H groups in total. The van der Waals surface area contributed by atoms with E-state index < -0.39 is 0 Å². The van der Waals surface area contributed by atoms with E-state index >= 15 is 0 Å². The molecule has 1 aliphatic heterocycles. The summed E-state index contributed by atoms with van der Waals surface area (Å²) < 4.78 is 5.55. The third kappa shape index (κ3) is 2.57. The number of aromatic nitrogens is 2. The molecule has 0 fully saturated rings. The second-order valence-electron chi connectivity index (χ2n) is 5.71. The van der Waals surface area contributed by atoms with Crippen LogP contribution in [-0.4, -0.2) is 16.5 Å². The second kappa shape index (κ2) is 6.01. The molecular weight excluding hydrogens is 308 g/mol. The van der Waals surface area contributed by atoms with Gasteiger partial charge in [0.05, 0.1) is 11.5 Å². The standard InChI is InChI=1S/C17H18N4OS/c1-9(2)15-14-13(10-4-6-11(23-3)7-5-10)12(8-18)16(19)22-17(14)21-20-15/h4-7,9,13H,19H2,1-3H3,(H,20,21)/t13-/m0/s1. The average molecular weight is 326 g/mol. The zero-order chi connectivity index (χ0) is 16.6. The van der Waals surface area contributed by atoms with Gasteiger partial charge >= 0.3 is 0 Å². The van der Waals surface area contributed by atoms with Gasteiger partial charge in [-0.3, -0.25) is 5.10 Å². The number of benzene rings is 1. The first kappa shape index (κ1) is 15.5. The molecule has 23 heavy (non-hydrogen) atoms. The lowest BCUT2D eigenvalue weighted by molar-refractivity contribution is 0.378. The van der Waals surface area contributed by atoms with Crippen LogP contribution in [0.5, 0.6) is 5.88 Å². The number of fused-ring (bicyclic) bond motifs is 1. The molecule has 3 rings (SSSR count). The normalized spacial score (nSPS) is 16.9. The number of aromatic amines is 1. The number of H-pyrrole nitrogens is 1. The predicted molar refractivity (Wildman–Crippen MR) is 90.2 cm³/mol. The van der Waals surface area contributed by atoms with Gasteiger partial charge in [0, 0.05) is 10.6 Å². The Balaban J connectivity index is 2.19. The fraction of sp³-hybridized carbons (Fsp3) is 0.294. The van der Waals surface area contributed by atoms with E-state index in [1.54, 1.807) is 11.8 Å². The number of ether oxygens (including phenoxy) is 1. The molecule has 0 bridgehead atoms. The molecule has 0 radical (unpaired) electrons. The number of hydrogen-bond acceptors (Lipinski definition) is 5. The van der Waals surface area contributed by atoms with Crippen LogP contribution in [0, 0.1) is 11.3 Å². The molecular formula is C17H18N4OS. The van der Waals surface area contributed by atoms with Crippen molar-refractivity contribution in [2.75, 3.05) is 6.26 Å². The van der Waals surface area contributed by atoms with Gasteiger partial charge < -0.3 is 10.5 Å². The quantitative estimate of drug-likeness (QED) is 0.843. The highest BCUT2D eigenvalue weighted by molar-refractivity contribution is 7.98. The van der Waals surface area contributed by atoms with Gasteiger partial charge in [-0.1, -0.05) is 26.0 Å². The monoisotopic (exact) mass is 326 g/mol. The summed E-state index contributed by atoms with van der Waals surface area (Å²) in [4.78, 5) is 1.17. The fourth-order valence-corrected chi connectivity index (χ4v) is 3.25. The van der Waals surface area contributed by atoms with Crippen LogP contribution in [0.3, 0.4) is 0 Å². The fourth-order valence-electron chi connectivity index (χ4n) is 2.84. The summed E-state index contributed by atoms with van der Waals surface area (Å²) in [6.07, 6.45) is 2.03. The summed E-state index contributed by atoms with van der Waals surface area (Å²) in [7, 11) is 0. The minimum Gasteiger partial charge on any atom is -0.420 e. The lowest BCUT2D eigenvalue weighted by Crippen LogP contribution is -2.21. The van der Waals surface area contributed by atoms with Gasteiger partial charge in [0.25, 0.3) is 0 Å². The van der Waals surface area contributed by atoms with Crippen molar-refractivity contribution in [1.29, 1.82) is 5.26 Å². The van der Waals surface area contributed by atoms with E-state index in [1.807, 2.05) is 18.4 Å². The zero-order valence-electron chi connectivity index (χ0n) is 13.3. The van der Waals surface area contributed by atoms with Crippen molar-refractivity contribution in [3.8, 4) is 11.9 Å². The highest BCUT2D eigenvalue weighted by Crippen LogP contribution is 2.44. The number of nitrogens with zero attached hydrogens (tertiary/aromatic N) is 2. The Hall–Kier alpha value is -2.39. The van der Waals surface area contributed by atoms with Crippen molar-refractivity contribution >= 4 is 11.8 Å². The maximum Gasteiger partial charge on any atom is 0.244 e. The highest BCUT2D eigenvalue weighted by atomic mass is 32.2. The van der Waals surface area contributed by atoms with Crippen LogP contribution in [0.15, 0.2) is 40.6 Å². The van der Waals surface area contributed by atoms with Crippen molar-refractivity contribution in [1.82, 2.24) is 10.2 Å². The number of nitriles is 1. The van der Waals surface area contributed by atoms with Crippen molar-refractivity contribution in [2.45, 2.75) is 30.6 Å². The molecule has 0 unspecified atom stereocenters. The second-order valence-corrected chi connectivity index (χ2v) is 6.59. The van der Waals surface area contributed by atoms with E-state index in [4.69, 9.17) is 10.5 Å². The summed E-state index contributed by atoms with van der Waals surface area (Å²) in [5.41, 5.74) is 9.26. The van der Waals surface area contributed by atoms with Gasteiger partial charge in [-0.2, -0.15) is 5.26 Å². The number of rotatable bonds is 3. The lowest BCUT2D eigenvalue weighted by Gasteiger charge is -2.24. The van der Waals surface area contributed by atoms with Gasteiger partial charge in [-0.15, -0.1) is 16.9 Å². The summed E-state index contributed by atoms with van der Waals surface area (Å²) in [6, 6.07) is 10.4. The first-order chi connectivity index (χ1) is 11.1. The van der Waals surface area contributed by atoms with Crippen LogP contribution in [0.4, 0.5) is 0 Å². The Labute approximate surface area is 139 Å². The van der Waals surface area contributed by atoms with E-state index in [9.17, 15) is 5.26 Å². The molecule has 5 nitrogen and oxygen atoms in total. The SMILES string of the molecule is CSc1ccc([C@H]2C(C#N)=C(N)Oc3n[nH]c(C(C)C)c32)cc1. The molecule has 1 aromatic heterocycles. The Morgan fingerprint density at radius 2 is 2.04 bits per heavy atom. The summed E-state index contributed by atoms with van der Waals surface area (Å²) in [5, 5.41) is 16.8. The minimum absolute atomic E-state index is 0.126. The molecule has 1 atom stereocenters. The molecule has 2 heterocycles. The Morgan fingerprint density at radius 1 is 1.35 bits per heavy atom. The Kier molecular flexibility index (Phi) is 4.05. The summed E-state index contributed by atoms with van der Waals surface area (Å²) in [6.45, 7) is 4.16. The summed E-state index contributed by atoms with van der Waals surface area (Å²) in [5.74, 6) is 0.572. The van der Waals surface area contributed by atoms with Gasteiger partial charge in [0.15, 0.2) is 0 Å². The number of nitrogens with one attached hydrogen (secondary N) is 1. The maximum absolute atomic E-state index is 9.58. The Bertz CT molecular complexity index is 799. The third-order valence-corrected chi connectivity index (χ3v) is 4.74. The van der Waals surface area contributed by atoms with E-state index in [-0.39, 0.29) is 17.7 Å². The molecule has 0 saturated carbocycles. The van der Waals surface area contributed by atoms with Gasteiger partial charge in [-0.25, -0.2) is 0 Å². The average Bonchev–Trinajstić information content (AvgIpc) is 2.97. The van der Waals surface area contributed by atoms with Crippen LogP contribution in [-0.2, 0) is 0 Å². The molecule has 1 aliphatic rings. The molecule has 0 saturated heterocycles. The minimum atomic E-state index is -0.254. The Morgan fingerprint density at radius 3 is 2.61 bits per heavy atom. The molecule has 1 aromatic carbocycles. The zero-order valence-corrected chi connectivity index (χ0v) is 14.1. The first-order valence-electron chi connectivity index (χ1n) is 7.36. The van der Waals surface area contributed by atoms with E-state index in [2.05, 4.69) is 42.2 Å². The highest BCUT2D eigenvalue weighted by Gasteiger charge is 2.35. The molecule has 6 heteroatoms. The van der Waals surface area contributed by atoms with Crippen molar-refractivity contribution in [3.63, 3.8) is 0 Å². The molecule has 0 amide bonds. The number of allylic oxidation sites excluding steroid dienone is 1. The number of nitrogens with two attached hydrogens (primary N) is 1. The van der Waals surface area contributed by atoms with Crippen LogP contribution in [0.1, 0.15) is 42.5 Å². The molecule has 118 valence electrons. The van der Waals surface area contributed by atoms with Crippen LogP contribution in [0.25, 0.3) is 0 Å². The topological polar surface area (TPSA) is 87.7 Å². The first-order valence-corrected chi connectivity index (χ1v) is 8.59. The maximum atomic E-state index is 9.58. The van der Waals surface area contributed by atoms with Crippen molar-refractivity contribution in [2.24, 2.45) is 5.73 Å². The smallest absolute Gasteiger partial charge is 0.244 e. The van der Waals surface area contributed by atoms with E-state index in [1.165, 1.54) is 4.90 Å². The van der Waals surface area contributed by atoms with Crippen LogP contribution < -0.4 is 10.5 Å². The molecule has 2 aromatic rings. The number of hydrogen-bond donors (Lipinski definition) is 2.